The van der Waals surface area contributed by atoms with Gasteiger partial charge in [0, 0.05) is 32.7 Å². The minimum absolute atomic E-state index is 0.184. The van der Waals surface area contributed by atoms with Crippen LogP contribution in [0.1, 0.15) is 15.9 Å². The molecule has 0 spiro atoms. The maximum absolute atomic E-state index is 11.0. The van der Waals surface area contributed by atoms with Gasteiger partial charge in [-0.3, -0.25) is 4.90 Å². The minimum Gasteiger partial charge on any atom is -0.478 e. The van der Waals surface area contributed by atoms with Crippen LogP contribution in [0.5, 0.6) is 0 Å². The lowest BCUT2D eigenvalue weighted by Crippen LogP contribution is -2.43. The van der Waals surface area contributed by atoms with Gasteiger partial charge in [-0.15, -0.1) is 0 Å². The molecule has 0 aromatic heterocycles. The van der Waals surface area contributed by atoms with Gasteiger partial charge in [0.15, 0.2) is 0 Å². The number of carboxylic acids is 1. The average molecular weight is 269 g/mol. The highest BCUT2D eigenvalue weighted by molar-refractivity contribution is 6.33. The Morgan fingerprint density at radius 2 is 2.00 bits per heavy atom. The molecule has 18 heavy (non-hydrogen) atoms. The zero-order valence-electron chi connectivity index (χ0n) is 10.4. The van der Waals surface area contributed by atoms with Crippen molar-refractivity contribution in [1.29, 1.82) is 0 Å². The molecule has 1 aromatic rings. The summed E-state index contributed by atoms with van der Waals surface area (Å²) in [7, 11) is 2.11. The molecule has 0 amide bonds. The molecular formula is C13H17ClN2O2. The number of likely N-dealkylation sites (N-methyl/N-ethyl adjacent to an activating group) is 1. The molecular weight excluding hydrogens is 252 g/mol. The Hall–Kier alpha value is -1.10. The van der Waals surface area contributed by atoms with Gasteiger partial charge in [-0.1, -0.05) is 17.7 Å². The van der Waals surface area contributed by atoms with Gasteiger partial charge in [-0.2, -0.15) is 0 Å². The standard InChI is InChI=1S/C13H17ClN2O2/c1-15-4-6-16(7-5-15)9-10-2-3-12(14)11(8-10)13(17)18/h2-3,8H,4-7,9H2,1H3,(H,17,18). The molecule has 0 unspecified atom stereocenters. The lowest BCUT2D eigenvalue weighted by molar-refractivity contribution is 0.0697. The molecule has 1 aliphatic rings. The molecule has 1 aromatic carbocycles. The summed E-state index contributed by atoms with van der Waals surface area (Å²) in [4.78, 5) is 15.6. The van der Waals surface area contributed by atoms with Crippen molar-refractivity contribution >= 4 is 17.6 Å². The number of benzene rings is 1. The van der Waals surface area contributed by atoms with Crippen LogP contribution < -0.4 is 0 Å². The van der Waals surface area contributed by atoms with Crippen molar-refractivity contribution in [3.63, 3.8) is 0 Å². The third-order valence-electron chi connectivity index (χ3n) is 3.26. The van der Waals surface area contributed by atoms with Crippen LogP contribution in [0.2, 0.25) is 5.02 Å². The zero-order valence-corrected chi connectivity index (χ0v) is 11.2. The van der Waals surface area contributed by atoms with Crippen molar-refractivity contribution in [2.75, 3.05) is 33.2 Å². The zero-order chi connectivity index (χ0) is 13.1. The Labute approximate surface area is 112 Å². The van der Waals surface area contributed by atoms with E-state index in [1.165, 1.54) is 0 Å². The number of carbonyl (C=O) groups is 1. The monoisotopic (exact) mass is 268 g/mol. The Morgan fingerprint density at radius 3 is 2.61 bits per heavy atom. The third kappa shape index (κ3) is 3.22. The lowest BCUT2D eigenvalue weighted by Gasteiger charge is -2.32. The molecule has 1 aliphatic heterocycles. The molecule has 1 N–H and O–H groups in total. The van der Waals surface area contributed by atoms with Gasteiger partial charge >= 0.3 is 5.97 Å². The molecule has 0 saturated carbocycles. The molecule has 2 rings (SSSR count). The summed E-state index contributed by atoms with van der Waals surface area (Å²) in [6.07, 6.45) is 0. The topological polar surface area (TPSA) is 43.8 Å². The van der Waals surface area contributed by atoms with Crippen LogP contribution in [0.4, 0.5) is 0 Å². The van der Waals surface area contributed by atoms with Gasteiger partial charge in [0.1, 0.15) is 0 Å². The SMILES string of the molecule is CN1CCN(Cc2ccc(Cl)c(C(=O)O)c2)CC1. The summed E-state index contributed by atoms with van der Waals surface area (Å²) >= 11 is 5.85. The highest BCUT2D eigenvalue weighted by Gasteiger charge is 2.15. The highest BCUT2D eigenvalue weighted by Crippen LogP contribution is 2.19. The predicted octanol–water partition coefficient (Wildman–Crippen LogP) is 1.79. The van der Waals surface area contributed by atoms with Gasteiger partial charge in [0.2, 0.25) is 0 Å². The number of halogens is 1. The average Bonchev–Trinajstić information content (AvgIpc) is 2.34. The largest absolute Gasteiger partial charge is 0.478 e. The molecule has 5 heteroatoms. The third-order valence-corrected chi connectivity index (χ3v) is 3.59. The smallest absolute Gasteiger partial charge is 0.337 e. The fourth-order valence-electron chi connectivity index (χ4n) is 2.10. The highest BCUT2D eigenvalue weighted by atomic mass is 35.5. The molecule has 0 bridgehead atoms. The number of rotatable bonds is 3. The summed E-state index contributed by atoms with van der Waals surface area (Å²) in [5, 5.41) is 9.32. The molecule has 98 valence electrons. The first kappa shape index (κ1) is 13.3. The van der Waals surface area contributed by atoms with Crippen molar-refractivity contribution in [3.05, 3.63) is 34.3 Å². The van der Waals surface area contributed by atoms with Crippen LogP contribution in [0.25, 0.3) is 0 Å². The van der Waals surface area contributed by atoms with Gasteiger partial charge in [0.25, 0.3) is 0 Å². The number of piperazine rings is 1. The molecule has 1 fully saturated rings. The van der Waals surface area contributed by atoms with Crippen molar-refractivity contribution in [3.8, 4) is 0 Å². The second kappa shape index (κ2) is 5.69. The van der Waals surface area contributed by atoms with Crippen molar-refractivity contribution in [2.45, 2.75) is 6.54 Å². The maximum Gasteiger partial charge on any atom is 0.337 e. The summed E-state index contributed by atoms with van der Waals surface area (Å²) in [6.45, 7) is 4.92. The molecule has 1 heterocycles. The lowest BCUT2D eigenvalue weighted by atomic mass is 10.1. The summed E-state index contributed by atoms with van der Waals surface area (Å²) in [6, 6.07) is 5.23. The molecule has 4 nitrogen and oxygen atoms in total. The van der Waals surface area contributed by atoms with Crippen molar-refractivity contribution in [2.24, 2.45) is 0 Å². The molecule has 0 radical (unpaired) electrons. The molecule has 1 saturated heterocycles. The van der Waals surface area contributed by atoms with Gasteiger partial charge in [-0.05, 0) is 24.7 Å². The number of hydrogen-bond acceptors (Lipinski definition) is 3. The van der Waals surface area contributed by atoms with Crippen LogP contribution in [0.3, 0.4) is 0 Å². The van der Waals surface area contributed by atoms with Gasteiger partial charge in [-0.25, -0.2) is 4.79 Å². The number of carboxylic acid groups (broad SMARTS) is 1. The Balaban J connectivity index is 2.05. The van der Waals surface area contributed by atoms with E-state index in [2.05, 4.69) is 16.8 Å². The summed E-state index contributed by atoms with van der Waals surface area (Å²) in [5.41, 5.74) is 1.18. The number of hydrogen-bond donors (Lipinski definition) is 1. The summed E-state index contributed by atoms with van der Waals surface area (Å²) in [5.74, 6) is -0.972. The first-order valence-corrected chi connectivity index (χ1v) is 6.36. The quantitative estimate of drug-likeness (QED) is 0.908. The molecule has 0 atom stereocenters. The van der Waals surface area contributed by atoms with Gasteiger partial charge < -0.3 is 10.0 Å². The predicted molar refractivity (Wildman–Crippen MR) is 71.2 cm³/mol. The van der Waals surface area contributed by atoms with Gasteiger partial charge in [0.05, 0.1) is 10.6 Å². The maximum atomic E-state index is 11.0. The Bertz CT molecular complexity index is 443. The summed E-state index contributed by atoms with van der Waals surface area (Å²) < 4.78 is 0. The fraction of sp³-hybridized carbons (Fsp3) is 0.462. The van der Waals surface area contributed by atoms with E-state index in [9.17, 15) is 4.79 Å². The van der Waals surface area contributed by atoms with Crippen molar-refractivity contribution < 1.29 is 9.90 Å². The normalized spacial score (nSPS) is 17.9. The Morgan fingerprint density at radius 1 is 1.33 bits per heavy atom. The first-order valence-electron chi connectivity index (χ1n) is 5.99. The van der Waals surface area contributed by atoms with Crippen LogP contribution in [0.15, 0.2) is 18.2 Å². The minimum atomic E-state index is -0.972. The van der Waals surface area contributed by atoms with E-state index >= 15 is 0 Å². The van der Waals surface area contributed by atoms with Crippen LogP contribution in [0, 0.1) is 0 Å². The fourth-order valence-corrected chi connectivity index (χ4v) is 2.30. The van der Waals surface area contributed by atoms with E-state index in [0.29, 0.717) is 5.02 Å². The van der Waals surface area contributed by atoms with E-state index in [1.807, 2.05) is 6.07 Å². The number of nitrogens with zero attached hydrogens (tertiary/aromatic N) is 2. The second-order valence-electron chi connectivity index (χ2n) is 4.70. The van der Waals surface area contributed by atoms with Crippen LogP contribution in [-0.2, 0) is 6.54 Å². The van der Waals surface area contributed by atoms with Crippen LogP contribution in [-0.4, -0.2) is 54.1 Å². The first-order chi connectivity index (χ1) is 8.56. The van der Waals surface area contributed by atoms with E-state index < -0.39 is 5.97 Å². The van der Waals surface area contributed by atoms with Crippen LogP contribution >= 0.6 is 11.6 Å². The number of aromatic carboxylic acids is 1. The Kier molecular flexibility index (Phi) is 4.22. The van der Waals surface area contributed by atoms with E-state index in [4.69, 9.17) is 16.7 Å². The van der Waals surface area contributed by atoms with E-state index in [0.717, 1.165) is 38.3 Å². The van der Waals surface area contributed by atoms with E-state index in [1.54, 1.807) is 12.1 Å². The van der Waals surface area contributed by atoms with E-state index in [-0.39, 0.29) is 5.56 Å². The van der Waals surface area contributed by atoms with Crippen molar-refractivity contribution in [1.82, 2.24) is 9.80 Å². The molecule has 0 aliphatic carbocycles. The second-order valence-corrected chi connectivity index (χ2v) is 5.11.